The van der Waals surface area contributed by atoms with Crippen LogP contribution in [-0.2, 0) is 17.7 Å². The predicted molar refractivity (Wildman–Crippen MR) is 78.2 cm³/mol. The van der Waals surface area contributed by atoms with Gasteiger partial charge in [0, 0.05) is 37.0 Å². The van der Waals surface area contributed by atoms with Gasteiger partial charge in [0.2, 0.25) is 0 Å². The van der Waals surface area contributed by atoms with E-state index in [0.717, 1.165) is 36.7 Å². The lowest BCUT2D eigenvalue weighted by atomic mass is 10.1. The second kappa shape index (κ2) is 7.56. The van der Waals surface area contributed by atoms with E-state index in [-0.39, 0.29) is 6.10 Å². The Hall–Kier alpha value is -1.00. The molecule has 0 aliphatic rings. The molecule has 4 nitrogen and oxygen atoms in total. The van der Waals surface area contributed by atoms with E-state index in [2.05, 4.69) is 43.0 Å². The molecule has 1 atom stereocenters. The van der Waals surface area contributed by atoms with Crippen molar-refractivity contribution in [2.75, 3.05) is 13.7 Å². The molecule has 4 heteroatoms. The molecule has 1 heterocycles. The quantitative estimate of drug-likeness (QED) is 0.822. The summed E-state index contributed by atoms with van der Waals surface area (Å²) in [6, 6.07) is 0. The van der Waals surface area contributed by atoms with E-state index in [1.807, 2.05) is 6.92 Å². The van der Waals surface area contributed by atoms with Crippen molar-refractivity contribution in [3.8, 4) is 0 Å². The molecule has 0 spiro atoms. The van der Waals surface area contributed by atoms with Crippen LogP contribution in [0.5, 0.6) is 0 Å². The minimum absolute atomic E-state index is 0.156. The maximum Gasteiger partial charge on any atom is 0.131 e. The fraction of sp³-hybridized carbons (Fsp3) is 0.733. The molecule has 1 unspecified atom stereocenters. The van der Waals surface area contributed by atoms with E-state index >= 15 is 0 Å². The van der Waals surface area contributed by atoms with Gasteiger partial charge < -0.3 is 10.1 Å². The summed E-state index contributed by atoms with van der Waals surface area (Å²) in [6.07, 6.45) is 0.918. The zero-order valence-electron chi connectivity index (χ0n) is 13.1. The van der Waals surface area contributed by atoms with Gasteiger partial charge in [-0.2, -0.15) is 0 Å². The average Bonchev–Trinajstić information content (AvgIpc) is 2.32. The van der Waals surface area contributed by atoms with Crippen LogP contribution in [0.2, 0.25) is 0 Å². The molecule has 108 valence electrons. The topological polar surface area (TPSA) is 47.0 Å². The summed E-state index contributed by atoms with van der Waals surface area (Å²) in [6.45, 7) is 12.4. The zero-order chi connectivity index (χ0) is 14.4. The number of hydrogen-bond donors (Lipinski definition) is 1. The molecular formula is C15H27N3O. The summed E-state index contributed by atoms with van der Waals surface area (Å²) in [5.74, 6) is 1.53. The Morgan fingerprint density at radius 3 is 2.16 bits per heavy atom. The number of methoxy groups -OCH3 is 1. The summed E-state index contributed by atoms with van der Waals surface area (Å²) in [7, 11) is 1.72. The Labute approximate surface area is 117 Å². The highest BCUT2D eigenvalue weighted by atomic mass is 16.5. The van der Waals surface area contributed by atoms with E-state index in [9.17, 15) is 0 Å². The predicted octanol–water partition coefficient (Wildman–Crippen LogP) is 2.42. The second-order valence-electron chi connectivity index (χ2n) is 5.56. The molecule has 0 radical (unpaired) electrons. The van der Waals surface area contributed by atoms with Crippen LogP contribution in [0.4, 0.5) is 0 Å². The molecule has 0 fully saturated rings. The summed E-state index contributed by atoms with van der Waals surface area (Å²) in [5.41, 5.74) is 3.36. The van der Waals surface area contributed by atoms with Crippen molar-refractivity contribution < 1.29 is 4.74 Å². The summed E-state index contributed by atoms with van der Waals surface area (Å²) in [5, 5.41) is 3.45. The molecule has 0 aliphatic carbocycles. The van der Waals surface area contributed by atoms with Crippen LogP contribution in [0.25, 0.3) is 0 Å². The van der Waals surface area contributed by atoms with Crippen LogP contribution in [0.3, 0.4) is 0 Å². The highest BCUT2D eigenvalue weighted by molar-refractivity contribution is 5.24. The van der Waals surface area contributed by atoms with Gasteiger partial charge in [0.25, 0.3) is 0 Å². The van der Waals surface area contributed by atoms with Crippen molar-refractivity contribution >= 4 is 0 Å². The van der Waals surface area contributed by atoms with Gasteiger partial charge in [-0.25, -0.2) is 9.97 Å². The molecule has 0 saturated carbocycles. The van der Waals surface area contributed by atoms with Crippen molar-refractivity contribution in [2.24, 2.45) is 5.92 Å². The van der Waals surface area contributed by atoms with E-state index in [4.69, 9.17) is 4.74 Å². The normalized spacial score (nSPS) is 13.0. The Bertz CT molecular complexity index is 381. The van der Waals surface area contributed by atoms with E-state index in [1.54, 1.807) is 7.11 Å². The van der Waals surface area contributed by atoms with Crippen LogP contribution < -0.4 is 5.32 Å². The molecule has 0 amide bonds. The smallest absolute Gasteiger partial charge is 0.131 e. The third kappa shape index (κ3) is 5.25. The molecular weight excluding hydrogens is 238 g/mol. The lowest BCUT2D eigenvalue weighted by molar-refractivity contribution is 0.117. The first-order valence-electron chi connectivity index (χ1n) is 7.00. The lowest BCUT2D eigenvalue weighted by Crippen LogP contribution is -2.21. The SMILES string of the molecule is COC(C)Cc1nc(C)c(CNCC(C)C)c(C)n1. The minimum Gasteiger partial charge on any atom is -0.381 e. The highest BCUT2D eigenvalue weighted by Gasteiger charge is 2.10. The number of nitrogens with zero attached hydrogens (tertiary/aromatic N) is 2. The maximum atomic E-state index is 5.26. The lowest BCUT2D eigenvalue weighted by Gasteiger charge is -2.14. The fourth-order valence-corrected chi connectivity index (χ4v) is 1.98. The molecule has 19 heavy (non-hydrogen) atoms. The summed E-state index contributed by atoms with van der Waals surface area (Å²) in [4.78, 5) is 9.18. The molecule has 1 N–H and O–H groups in total. The Kier molecular flexibility index (Phi) is 6.38. The van der Waals surface area contributed by atoms with E-state index in [0.29, 0.717) is 5.92 Å². The molecule has 0 bridgehead atoms. The Balaban J connectivity index is 2.74. The molecule has 0 saturated heterocycles. The van der Waals surface area contributed by atoms with Crippen LogP contribution in [0.1, 0.15) is 43.5 Å². The van der Waals surface area contributed by atoms with Crippen molar-refractivity contribution in [2.45, 2.75) is 53.7 Å². The number of nitrogens with one attached hydrogen (secondary N) is 1. The number of aryl methyl sites for hydroxylation is 2. The van der Waals surface area contributed by atoms with Crippen LogP contribution in [0.15, 0.2) is 0 Å². The van der Waals surface area contributed by atoms with Gasteiger partial charge in [0.15, 0.2) is 0 Å². The number of hydrogen-bond acceptors (Lipinski definition) is 4. The highest BCUT2D eigenvalue weighted by Crippen LogP contribution is 2.11. The van der Waals surface area contributed by atoms with Crippen LogP contribution >= 0.6 is 0 Å². The van der Waals surface area contributed by atoms with Crippen molar-refractivity contribution in [3.63, 3.8) is 0 Å². The molecule has 1 aromatic rings. The number of ether oxygens (including phenoxy) is 1. The standard InChI is InChI=1S/C15H27N3O/c1-10(2)8-16-9-14-12(4)17-15(18-13(14)5)7-11(3)19-6/h10-11,16H,7-9H2,1-6H3. The summed E-state index contributed by atoms with van der Waals surface area (Å²) < 4.78 is 5.26. The summed E-state index contributed by atoms with van der Waals surface area (Å²) >= 11 is 0. The van der Waals surface area contributed by atoms with Crippen molar-refractivity contribution in [3.05, 3.63) is 22.8 Å². The van der Waals surface area contributed by atoms with E-state index in [1.165, 1.54) is 5.56 Å². The zero-order valence-corrected chi connectivity index (χ0v) is 13.1. The Morgan fingerprint density at radius 1 is 1.11 bits per heavy atom. The largest absolute Gasteiger partial charge is 0.381 e. The van der Waals surface area contributed by atoms with Crippen LogP contribution in [-0.4, -0.2) is 29.7 Å². The number of rotatable bonds is 7. The fourth-order valence-electron chi connectivity index (χ4n) is 1.98. The first-order chi connectivity index (χ1) is 8.93. The maximum absolute atomic E-state index is 5.26. The van der Waals surface area contributed by atoms with Gasteiger partial charge >= 0.3 is 0 Å². The third-order valence-corrected chi connectivity index (χ3v) is 3.19. The Morgan fingerprint density at radius 2 is 1.68 bits per heavy atom. The van der Waals surface area contributed by atoms with E-state index < -0.39 is 0 Å². The third-order valence-electron chi connectivity index (χ3n) is 3.19. The molecule has 1 rings (SSSR count). The van der Waals surface area contributed by atoms with Gasteiger partial charge in [0.1, 0.15) is 5.82 Å². The van der Waals surface area contributed by atoms with Gasteiger partial charge in [-0.15, -0.1) is 0 Å². The minimum atomic E-state index is 0.156. The van der Waals surface area contributed by atoms with Crippen molar-refractivity contribution in [1.29, 1.82) is 0 Å². The van der Waals surface area contributed by atoms with Gasteiger partial charge in [0.05, 0.1) is 6.10 Å². The van der Waals surface area contributed by atoms with Gasteiger partial charge in [-0.1, -0.05) is 13.8 Å². The average molecular weight is 265 g/mol. The first kappa shape index (κ1) is 16.1. The monoisotopic (exact) mass is 265 g/mol. The van der Waals surface area contributed by atoms with Crippen molar-refractivity contribution in [1.82, 2.24) is 15.3 Å². The second-order valence-corrected chi connectivity index (χ2v) is 5.56. The number of aromatic nitrogens is 2. The molecule has 0 aliphatic heterocycles. The van der Waals surface area contributed by atoms with Gasteiger partial charge in [-0.05, 0) is 33.2 Å². The molecule has 0 aromatic carbocycles. The van der Waals surface area contributed by atoms with Gasteiger partial charge in [-0.3, -0.25) is 0 Å². The first-order valence-corrected chi connectivity index (χ1v) is 7.00. The molecule has 1 aromatic heterocycles. The van der Waals surface area contributed by atoms with Crippen LogP contribution in [0, 0.1) is 19.8 Å².